The second kappa shape index (κ2) is 7.85. The minimum Gasteiger partial charge on any atom is -0.478 e. The summed E-state index contributed by atoms with van der Waals surface area (Å²) in [6.07, 6.45) is 2.28. The fourth-order valence-electron chi connectivity index (χ4n) is 2.07. The zero-order chi connectivity index (χ0) is 15.1. The number of carboxylic acids is 1. The van der Waals surface area contributed by atoms with Gasteiger partial charge in [-0.2, -0.15) is 0 Å². The van der Waals surface area contributed by atoms with E-state index in [0.29, 0.717) is 18.2 Å². The van der Waals surface area contributed by atoms with Gasteiger partial charge in [-0.25, -0.2) is 9.78 Å². The molecule has 0 aliphatic carbocycles. The standard InChI is InChI=1S/C15H24N2O3/c1-4-5-12-8-11(15(19)20)9-14(16-12)17-13(6-7-18)10(2)3/h8-10,13,18H,4-7H2,1-3H3,(H,16,17)(H,19,20). The molecule has 0 fully saturated rings. The maximum absolute atomic E-state index is 11.2. The molecule has 0 saturated carbocycles. The molecule has 1 unspecified atom stereocenters. The van der Waals surface area contributed by atoms with Gasteiger partial charge in [-0.05, 0) is 30.9 Å². The number of carbonyl (C=O) groups is 1. The number of aryl methyl sites for hydroxylation is 1. The van der Waals surface area contributed by atoms with Crippen LogP contribution in [0.25, 0.3) is 0 Å². The van der Waals surface area contributed by atoms with Crippen molar-refractivity contribution >= 4 is 11.8 Å². The van der Waals surface area contributed by atoms with E-state index in [2.05, 4.69) is 24.1 Å². The Bertz CT molecular complexity index is 447. The van der Waals surface area contributed by atoms with Gasteiger partial charge in [0.1, 0.15) is 5.82 Å². The van der Waals surface area contributed by atoms with E-state index < -0.39 is 5.97 Å². The summed E-state index contributed by atoms with van der Waals surface area (Å²) in [5, 5.41) is 21.5. The molecule has 1 aromatic rings. The molecule has 0 aliphatic heterocycles. The number of hydrogen-bond acceptors (Lipinski definition) is 4. The number of aromatic carboxylic acids is 1. The van der Waals surface area contributed by atoms with Gasteiger partial charge in [-0.3, -0.25) is 0 Å². The highest BCUT2D eigenvalue weighted by atomic mass is 16.4. The van der Waals surface area contributed by atoms with Crippen molar-refractivity contribution < 1.29 is 15.0 Å². The van der Waals surface area contributed by atoms with Crippen LogP contribution in [0.4, 0.5) is 5.82 Å². The zero-order valence-corrected chi connectivity index (χ0v) is 12.4. The quantitative estimate of drug-likeness (QED) is 0.681. The van der Waals surface area contributed by atoms with Gasteiger partial charge in [-0.1, -0.05) is 27.2 Å². The normalized spacial score (nSPS) is 12.4. The minimum absolute atomic E-state index is 0.0750. The number of aromatic nitrogens is 1. The Morgan fingerprint density at radius 1 is 1.40 bits per heavy atom. The monoisotopic (exact) mass is 280 g/mol. The van der Waals surface area contributed by atoms with Crippen LogP contribution < -0.4 is 5.32 Å². The van der Waals surface area contributed by atoms with Crippen LogP contribution in [0.1, 0.15) is 49.7 Å². The largest absolute Gasteiger partial charge is 0.478 e. The summed E-state index contributed by atoms with van der Waals surface area (Å²) in [5.41, 5.74) is 1.03. The first-order chi connectivity index (χ1) is 9.47. The van der Waals surface area contributed by atoms with E-state index in [1.807, 2.05) is 6.92 Å². The Kier molecular flexibility index (Phi) is 6.45. The molecule has 0 aromatic carbocycles. The second-order valence-electron chi connectivity index (χ2n) is 5.29. The average Bonchev–Trinajstić information content (AvgIpc) is 2.38. The van der Waals surface area contributed by atoms with Gasteiger partial charge in [0.15, 0.2) is 0 Å². The van der Waals surface area contributed by atoms with Gasteiger partial charge in [0, 0.05) is 18.3 Å². The first-order valence-electron chi connectivity index (χ1n) is 7.09. The van der Waals surface area contributed by atoms with Gasteiger partial charge >= 0.3 is 5.97 Å². The number of nitrogens with one attached hydrogen (secondary N) is 1. The lowest BCUT2D eigenvalue weighted by molar-refractivity contribution is 0.0696. The fraction of sp³-hybridized carbons (Fsp3) is 0.600. The van der Waals surface area contributed by atoms with Crippen LogP contribution in [0.5, 0.6) is 0 Å². The summed E-state index contributed by atoms with van der Waals surface area (Å²) >= 11 is 0. The number of hydrogen-bond donors (Lipinski definition) is 3. The van der Waals surface area contributed by atoms with E-state index in [-0.39, 0.29) is 18.2 Å². The van der Waals surface area contributed by atoms with E-state index in [1.165, 1.54) is 0 Å². The summed E-state index contributed by atoms with van der Waals surface area (Å²) in [6, 6.07) is 3.24. The van der Waals surface area contributed by atoms with E-state index in [4.69, 9.17) is 10.2 Å². The van der Waals surface area contributed by atoms with Gasteiger partial charge in [0.25, 0.3) is 0 Å². The lowest BCUT2D eigenvalue weighted by Crippen LogP contribution is -2.27. The summed E-state index contributed by atoms with van der Waals surface area (Å²) in [7, 11) is 0. The summed E-state index contributed by atoms with van der Waals surface area (Å²) in [4.78, 5) is 15.6. The molecule has 20 heavy (non-hydrogen) atoms. The second-order valence-corrected chi connectivity index (χ2v) is 5.29. The van der Waals surface area contributed by atoms with Crippen LogP contribution in [0.2, 0.25) is 0 Å². The maximum atomic E-state index is 11.2. The van der Waals surface area contributed by atoms with E-state index in [0.717, 1.165) is 18.5 Å². The molecule has 0 amide bonds. The lowest BCUT2D eigenvalue weighted by Gasteiger charge is -2.22. The first kappa shape index (κ1) is 16.4. The molecule has 1 aromatic heterocycles. The van der Waals surface area contributed by atoms with Crippen LogP contribution in [0.15, 0.2) is 12.1 Å². The molecule has 5 nitrogen and oxygen atoms in total. The summed E-state index contributed by atoms with van der Waals surface area (Å²) in [5.74, 6) is -0.0522. The van der Waals surface area contributed by atoms with Gasteiger partial charge in [-0.15, -0.1) is 0 Å². The van der Waals surface area contributed by atoms with Crippen LogP contribution in [0.3, 0.4) is 0 Å². The SMILES string of the molecule is CCCc1cc(C(=O)O)cc(NC(CCO)C(C)C)n1. The van der Waals surface area contributed by atoms with E-state index in [9.17, 15) is 4.79 Å². The Balaban J connectivity index is 2.99. The third-order valence-electron chi connectivity index (χ3n) is 3.21. The third kappa shape index (κ3) is 4.81. The molecular weight excluding hydrogens is 256 g/mol. The van der Waals surface area contributed by atoms with Crippen LogP contribution in [0, 0.1) is 5.92 Å². The third-order valence-corrected chi connectivity index (χ3v) is 3.21. The zero-order valence-electron chi connectivity index (χ0n) is 12.4. The highest BCUT2D eigenvalue weighted by Gasteiger charge is 2.15. The van der Waals surface area contributed by atoms with Crippen molar-refractivity contribution in [1.82, 2.24) is 4.98 Å². The van der Waals surface area contributed by atoms with Crippen molar-refractivity contribution in [2.24, 2.45) is 5.92 Å². The van der Waals surface area contributed by atoms with E-state index >= 15 is 0 Å². The molecule has 0 bridgehead atoms. The first-order valence-corrected chi connectivity index (χ1v) is 7.09. The van der Waals surface area contributed by atoms with Gasteiger partial charge < -0.3 is 15.5 Å². The number of aliphatic hydroxyl groups is 1. The average molecular weight is 280 g/mol. The molecule has 0 saturated heterocycles. The molecule has 0 aliphatic rings. The predicted octanol–water partition coefficient (Wildman–Crippen LogP) is 2.55. The van der Waals surface area contributed by atoms with Gasteiger partial charge in [0.05, 0.1) is 5.56 Å². The topological polar surface area (TPSA) is 82.5 Å². The number of pyridine rings is 1. The van der Waals surface area contributed by atoms with Crippen molar-refractivity contribution in [3.8, 4) is 0 Å². The molecule has 1 heterocycles. The number of aliphatic hydroxyl groups excluding tert-OH is 1. The van der Waals surface area contributed by atoms with Crippen LogP contribution >= 0.6 is 0 Å². The minimum atomic E-state index is -0.948. The van der Waals surface area contributed by atoms with Crippen molar-refractivity contribution in [3.63, 3.8) is 0 Å². The number of carboxylic acid groups (broad SMARTS) is 1. The van der Waals surface area contributed by atoms with Gasteiger partial charge in [0.2, 0.25) is 0 Å². The maximum Gasteiger partial charge on any atom is 0.335 e. The smallest absolute Gasteiger partial charge is 0.335 e. The highest BCUT2D eigenvalue weighted by Crippen LogP contribution is 2.17. The molecular formula is C15H24N2O3. The Morgan fingerprint density at radius 3 is 2.60 bits per heavy atom. The van der Waals surface area contributed by atoms with E-state index in [1.54, 1.807) is 12.1 Å². The Hall–Kier alpha value is -1.62. The molecule has 112 valence electrons. The molecule has 1 atom stereocenters. The predicted molar refractivity (Wildman–Crippen MR) is 79.1 cm³/mol. The number of rotatable bonds is 8. The Morgan fingerprint density at radius 2 is 2.10 bits per heavy atom. The van der Waals surface area contributed by atoms with Crippen molar-refractivity contribution in [2.75, 3.05) is 11.9 Å². The number of nitrogens with zero attached hydrogens (tertiary/aromatic N) is 1. The molecule has 0 radical (unpaired) electrons. The summed E-state index contributed by atoms with van der Waals surface area (Å²) < 4.78 is 0. The summed E-state index contributed by atoms with van der Waals surface area (Å²) in [6.45, 7) is 6.24. The van der Waals surface area contributed by atoms with Crippen molar-refractivity contribution in [3.05, 3.63) is 23.4 Å². The number of anilines is 1. The molecule has 3 N–H and O–H groups in total. The molecule has 0 spiro atoms. The van der Waals surface area contributed by atoms with Crippen molar-refractivity contribution in [2.45, 2.75) is 46.1 Å². The fourth-order valence-corrected chi connectivity index (χ4v) is 2.07. The van der Waals surface area contributed by atoms with Crippen LogP contribution in [-0.2, 0) is 6.42 Å². The lowest BCUT2D eigenvalue weighted by atomic mass is 10.0. The molecule has 1 rings (SSSR count). The van der Waals surface area contributed by atoms with Crippen LogP contribution in [-0.4, -0.2) is 33.8 Å². The molecule has 5 heteroatoms. The highest BCUT2D eigenvalue weighted by molar-refractivity contribution is 5.88. The van der Waals surface area contributed by atoms with Crippen molar-refractivity contribution in [1.29, 1.82) is 0 Å². The Labute approximate surface area is 120 Å².